The summed E-state index contributed by atoms with van der Waals surface area (Å²) < 4.78 is 1.92. The number of nitrogens with zero attached hydrogens (tertiary/aromatic N) is 5. The Morgan fingerprint density at radius 2 is 1.81 bits per heavy atom. The number of aryl methyl sites for hydroxylation is 2. The van der Waals surface area contributed by atoms with Crippen LogP contribution >= 0.6 is 11.6 Å². The molecule has 0 spiro atoms. The number of piperazine rings is 1. The first kappa shape index (κ1) is 18.6. The summed E-state index contributed by atoms with van der Waals surface area (Å²) in [5.41, 5.74) is 11.0. The van der Waals surface area contributed by atoms with Crippen LogP contribution in [-0.2, 0) is 13.5 Å². The highest BCUT2D eigenvalue weighted by molar-refractivity contribution is 6.30. The fourth-order valence-electron chi connectivity index (χ4n) is 3.41. The Morgan fingerprint density at radius 3 is 2.38 bits per heavy atom. The largest absolute Gasteiger partial charge is 0.370 e. The van der Waals surface area contributed by atoms with Crippen molar-refractivity contribution in [1.82, 2.24) is 14.7 Å². The monoisotopic (exact) mass is 374 g/mol. The first-order valence-corrected chi connectivity index (χ1v) is 9.38. The van der Waals surface area contributed by atoms with Gasteiger partial charge in [-0.1, -0.05) is 11.6 Å². The molecule has 1 fully saturated rings. The first-order valence-electron chi connectivity index (χ1n) is 9.00. The summed E-state index contributed by atoms with van der Waals surface area (Å²) in [6.45, 7) is 8.45. The van der Waals surface area contributed by atoms with E-state index in [2.05, 4.69) is 38.9 Å². The number of guanidine groups is 1. The Balaban J connectivity index is 1.52. The maximum absolute atomic E-state index is 6.22. The van der Waals surface area contributed by atoms with Crippen molar-refractivity contribution >= 4 is 23.2 Å². The fourth-order valence-corrected chi connectivity index (χ4v) is 3.53. The maximum Gasteiger partial charge on any atom is 0.191 e. The van der Waals surface area contributed by atoms with Gasteiger partial charge in [0.25, 0.3) is 0 Å². The third kappa shape index (κ3) is 4.12. The van der Waals surface area contributed by atoms with Crippen molar-refractivity contribution in [3.05, 3.63) is 46.2 Å². The van der Waals surface area contributed by atoms with Gasteiger partial charge < -0.3 is 15.5 Å². The highest BCUT2D eigenvalue weighted by Gasteiger charge is 2.18. The zero-order valence-corrected chi connectivity index (χ0v) is 16.5. The van der Waals surface area contributed by atoms with Crippen molar-refractivity contribution in [3.63, 3.8) is 0 Å². The Labute approximate surface area is 160 Å². The molecule has 0 amide bonds. The number of nitrogens with two attached hydrogens (primary N) is 1. The third-order valence-corrected chi connectivity index (χ3v) is 5.34. The van der Waals surface area contributed by atoms with E-state index in [4.69, 9.17) is 17.3 Å². The molecule has 1 aliphatic heterocycles. The van der Waals surface area contributed by atoms with Gasteiger partial charge in [0, 0.05) is 56.2 Å². The lowest BCUT2D eigenvalue weighted by atomic mass is 10.1. The standard InChI is InChI=1S/C19H27ClN6/c1-14-18(15(2)24(3)23-14)8-9-22-19(21)26-12-10-25(11-13-26)17-6-4-16(20)5-7-17/h4-7H,8-13H2,1-3H3,(H2,21,22). The number of rotatable bonds is 4. The second kappa shape index (κ2) is 7.99. The number of halogens is 1. The summed E-state index contributed by atoms with van der Waals surface area (Å²) in [7, 11) is 1.98. The smallest absolute Gasteiger partial charge is 0.191 e. The molecule has 1 aromatic heterocycles. The molecular formula is C19H27ClN6. The van der Waals surface area contributed by atoms with Gasteiger partial charge in [0.15, 0.2) is 5.96 Å². The SMILES string of the molecule is Cc1nn(C)c(C)c1CCN=C(N)N1CCN(c2ccc(Cl)cc2)CC1. The van der Waals surface area contributed by atoms with Gasteiger partial charge in [-0.2, -0.15) is 5.10 Å². The van der Waals surface area contributed by atoms with E-state index < -0.39 is 0 Å². The molecule has 2 aromatic rings. The van der Waals surface area contributed by atoms with Gasteiger partial charge in [0.05, 0.1) is 5.69 Å². The van der Waals surface area contributed by atoms with Crippen LogP contribution in [0.4, 0.5) is 5.69 Å². The van der Waals surface area contributed by atoms with E-state index in [9.17, 15) is 0 Å². The molecule has 2 heterocycles. The molecule has 6 nitrogen and oxygen atoms in total. The van der Waals surface area contributed by atoms with Crippen LogP contribution < -0.4 is 10.6 Å². The number of aliphatic imine (C=N–C) groups is 1. The lowest BCUT2D eigenvalue weighted by molar-refractivity contribution is 0.381. The van der Waals surface area contributed by atoms with Crippen molar-refractivity contribution in [2.75, 3.05) is 37.6 Å². The average Bonchev–Trinajstić information content (AvgIpc) is 2.88. The van der Waals surface area contributed by atoms with Gasteiger partial charge in [0.2, 0.25) is 0 Å². The molecular weight excluding hydrogens is 348 g/mol. The van der Waals surface area contributed by atoms with E-state index in [1.165, 1.54) is 16.9 Å². The Kier molecular flexibility index (Phi) is 5.71. The van der Waals surface area contributed by atoms with Gasteiger partial charge in [0.1, 0.15) is 0 Å². The van der Waals surface area contributed by atoms with Crippen molar-refractivity contribution in [3.8, 4) is 0 Å². The quantitative estimate of drug-likeness (QED) is 0.659. The highest BCUT2D eigenvalue weighted by atomic mass is 35.5. The van der Waals surface area contributed by atoms with Crippen molar-refractivity contribution in [2.24, 2.45) is 17.8 Å². The number of anilines is 1. The zero-order valence-electron chi connectivity index (χ0n) is 15.7. The van der Waals surface area contributed by atoms with Crippen LogP contribution in [0.2, 0.25) is 5.02 Å². The van der Waals surface area contributed by atoms with Crippen molar-refractivity contribution < 1.29 is 0 Å². The van der Waals surface area contributed by atoms with Gasteiger partial charge in [-0.05, 0) is 50.1 Å². The molecule has 0 aliphatic carbocycles. The van der Waals surface area contributed by atoms with Gasteiger partial charge in [-0.3, -0.25) is 9.67 Å². The summed E-state index contributed by atoms with van der Waals surface area (Å²) in [5.74, 6) is 0.639. The minimum absolute atomic E-state index is 0.639. The predicted octanol–water partition coefficient (Wildman–Crippen LogP) is 2.37. The van der Waals surface area contributed by atoms with Crippen LogP contribution in [0, 0.1) is 13.8 Å². The zero-order chi connectivity index (χ0) is 18.7. The van der Waals surface area contributed by atoms with E-state index in [1.54, 1.807) is 0 Å². The van der Waals surface area contributed by atoms with E-state index >= 15 is 0 Å². The van der Waals surface area contributed by atoms with E-state index in [-0.39, 0.29) is 0 Å². The second-order valence-electron chi connectivity index (χ2n) is 6.71. The summed E-state index contributed by atoms with van der Waals surface area (Å²) in [4.78, 5) is 9.10. The maximum atomic E-state index is 6.22. The summed E-state index contributed by atoms with van der Waals surface area (Å²) in [6.07, 6.45) is 0.872. The molecule has 1 aromatic carbocycles. The summed E-state index contributed by atoms with van der Waals surface area (Å²) >= 11 is 5.96. The second-order valence-corrected chi connectivity index (χ2v) is 7.15. The Bertz CT molecular complexity index is 772. The molecule has 0 saturated carbocycles. The molecule has 0 unspecified atom stereocenters. The van der Waals surface area contributed by atoms with Crippen LogP contribution in [0.5, 0.6) is 0 Å². The molecule has 3 rings (SSSR count). The van der Waals surface area contributed by atoms with Crippen LogP contribution in [-0.4, -0.2) is 53.4 Å². The van der Waals surface area contributed by atoms with Crippen LogP contribution in [0.25, 0.3) is 0 Å². The Hall–Kier alpha value is -2.21. The first-order chi connectivity index (χ1) is 12.5. The summed E-state index contributed by atoms with van der Waals surface area (Å²) in [5, 5.41) is 5.22. The molecule has 1 saturated heterocycles. The molecule has 0 radical (unpaired) electrons. The van der Waals surface area contributed by atoms with E-state index in [1.807, 2.05) is 30.8 Å². The molecule has 1 aliphatic rings. The number of hydrogen-bond donors (Lipinski definition) is 1. The van der Waals surface area contributed by atoms with Gasteiger partial charge in [-0.25, -0.2) is 0 Å². The fraction of sp³-hybridized carbons (Fsp3) is 0.474. The molecule has 0 atom stereocenters. The topological polar surface area (TPSA) is 62.7 Å². The predicted molar refractivity (Wildman–Crippen MR) is 108 cm³/mol. The van der Waals surface area contributed by atoms with Crippen LogP contribution in [0.1, 0.15) is 17.0 Å². The summed E-state index contributed by atoms with van der Waals surface area (Å²) in [6, 6.07) is 7.99. The average molecular weight is 375 g/mol. The molecule has 140 valence electrons. The normalized spacial score (nSPS) is 15.6. The van der Waals surface area contributed by atoms with Gasteiger partial charge in [-0.15, -0.1) is 0 Å². The highest BCUT2D eigenvalue weighted by Crippen LogP contribution is 2.19. The number of aromatic nitrogens is 2. The lowest BCUT2D eigenvalue weighted by Gasteiger charge is -2.36. The van der Waals surface area contributed by atoms with Crippen molar-refractivity contribution in [1.29, 1.82) is 0 Å². The number of hydrogen-bond acceptors (Lipinski definition) is 3. The third-order valence-electron chi connectivity index (χ3n) is 5.09. The molecule has 2 N–H and O–H groups in total. The van der Waals surface area contributed by atoms with Crippen LogP contribution in [0.3, 0.4) is 0 Å². The van der Waals surface area contributed by atoms with E-state index in [0.29, 0.717) is 12.5 Å². The van der Waals surface area contributed by atoms with Gasteiger partial charge >= 0.3 is 0 Å². The minimum Gasteiger partial charge on any atom is -0.370 e. The van der Waals surface area contributed by atoms with Crippen LogP contribution in [0.15, 0.2) is 29.3 Å². The number of benzene rings is 1. The van der Waals surface area contributed by atoms with Crippen molar-refractivity contribution in [2.45, 2.75) is 20.3 Å². The minimum atomic E-state index is 0.639. The van der Waals surface area contributed by atoms with E-state index in [0.717, 1.165) is 43.3 Å². The molecule has 7 heteroatoms. The lowest BCUT2D eigenvalue weighted by Crippen LogP contribution is -2.51. The molecule has 0 bridgehead atoms. The Morgan fingerprint density at radius 1 is 1.15 bits per heavy atom. The molecule has 26 heavy (non-hydrogen) atoms.